The van der Waals surface area contributed by atoms with E-state index >= 15 is 0 Å². The van der Waals surface area contributed by atoms with Crippen LogP contribution >= 0.6 is 39.1 Å². The summed E-state index contributed by atoms with van der Waals surface area (Å²) < 4.78 is 11.7. The van der Waals surface area contributed by atoms with Gasteiger partial charge in [-0.2, -0.15) is 0 Å². The second-order valence-corrected chi connectivity index (χ2v) is 6.20. The first-order valence-electron chi connectivity index (χ1n) is 6.29. The molecule has 6 heteroatoms. The van der Waals surface area contributed by atoms with Crippen LogP contribution in [0.3, 0.4) is 0 Å². The van der Waals surface area contributed by atoms with Crippen LogP contribution in [-0.2, 0) is 0 Å². The van der Waals surface area contributed by atoms with Gasteiger partial charge in [-0.1, -0.05) is 35.3 Å². The standard InChI is InChI=1S/C15H11BrCl2O3/c16-10-3-1-2-8(14(10)18)15(19)9-6-12-13(7-11(9)17)21-5-4-20-12/h1-3,6-7,15,19H,4-5H2. The molecule has 1 aliphatic rings. The third-order valence-electron chi connectivity index (χ3n) is 3.23. The van der Waals surface area contributed by atoms with E-state index in [4.69, 9.17) is 32.7 Å². The predicted octanol–water partition coefficient (Wildman–Crippen LogP) is 4.61. The highest BCUT2D eigenvalue weighted by Gasteiger charge is 2.22. The van der Waals surface area contributed by atoms with Gasteiger partial charge in [0.25, 0.3) is 0 Å². The molecule has 0 amide bonds. The lowest BCUT2D eigenvalue weighted by Gasteiger charge is -2.22. The van der Waals surface area contributed by atoms with Crippen LogP contribution in [0.4, 0.5) is 0 Å². The molecule has 2 aromatic rings. The summed E-state index contributed by atoms with van der Waals surface area (Å²) in [5.41, 5.74) is 1.10. The minimum Gasteiger partial charge on any atom is -0.486 e. The summed E-state index contributed by atoms with van der Waals surface area (Å²) in [5, 5.41) is 11.5. The van der Waals surface area contributed by atoms with Crippen LogP contribution in [-0.4, -0.2) is 18.3 Å². The first kappa shape index (κ1) is 15.0. The molecule has 0 bridgehead atoms. The fourth-order valence-corrected chi connectivity index (χ4v) is 3.06. The number of aliphatic hydroxyl groups excluding tert-OH is 1. The number of benzene rings is 2. The summed E-state index contributed by atoms with van der Waals surface area (Å²) in [6.45, 7) is 0.963. The molecule has 21 heavy (non-hydrogen) atoms. The normalized spacial score (nSPS) is 14.9. The van der Waals surface area contributed by atoms with Crippen molar-refractivity contribution in [3.05, 3.63) is 56.0 Å². The molecule has 0 radical (unpaired) electrons. The lowest BCUT2D eigenvalue weighted by Crippen LogP contribution is -2.16. The highest BCUT2D eigenvalue weighted by molar-refractivity contribution is 9.10. The van der Waals surface area contributed by atoms with E-state index in [1.807, 2.05) is 6.07 Å². The van der Waals surface area contributed by atoms with Crippen molar-refractivity contribution in [1.82, 2.24) is 0 Å². The third kappa shape index (κ3) is 2.86. The summed E-state index contributed by atoms with van der Waals surface area (Å²) in [4.78, 5) is 0. The molecule has 0 fully saturated rings. The molecule has 0 saturated heterocycles. The lowest BCUT2D eigenvalue weighted by molar-refractivity contribution is 0.169. The van der Waals surface area contributed by atoms with E-state index in [0.717, 1.165) is 4.47 Å². The largest absolute Gasteiger partial charge is 0.486 e. The first-order chi connectivity index (χ1) is 10.1. The Labute approximate surface area is 140 Å². The van der Waals surface area contributed by atoms with Gasteiger partial charge in [-0.05, 0) is 28.1 Å². The minimum absolute atomic E-state index is 0.405. The number of rotatable bonds is 2. The van der Waals surface area contributed by atoms with Gasteiger partial charge >= 0.3 is 0 Å². The average Bonchev–Trinajstić information content (AvgIpc) is 2.48. The van der Waals surface area contributed by atoms with Crippen LogP contribution in [0, 0.1) is 0 Å². The molecule has 1 unspecified atom stereocenters. The van der Waals surface area contributed by atoms with Gasteiger partial charge in [0.05, 0.1) is 10.0 Å². The van der Waals surface area contributed by atoms with Crippen molar-refractivity contribution in [2.75, 3.05) is 13.2 Å². The van der Waals surface area contributed by atoms with Crippen molar-refractivity contribution in [2.24, 2.45) is 0 Å². The molecule has 0 spiro atoms. The third-order valence-corrected chi connectivity index (χ3v) is 4.87. The lowest BCUT2D eigenvalue weighted by atomic mass is 10.0. The molecule has 110 valence electrons. The van der Waals surface area contributed by atoms with E-state index in [1.54, 1.807) is 24.3 Å². The van der Waals surface area contributed by atoms with Gasteiger partial charge in [-0.15, -0.1) is 0 Å². The van der Waals surface area contributed by atoms with Gasteiger partial charge in [-0.3, -0.25) is 0 Å². The first-order valence-corrected chi connectivity index (χ1v) is 7.84. The Bertz CT molecular complexity index is 691. The summed E-state index contributed by atoms with van der Waals surface area (Å²) in [6.07, 6.45) is -0.946. The Morgan fingerprint density at radius 2 is 1.71 bits per heavy atom. The molecule has 0 saturated carbocycles. The van der Waals surface area contributed by atoms with Gasteiger partial charge < -0.3 is 14.6 Å². The predicted molar refractivity (Wildman–Crippen MR) is 85.7 cm³/mol. The van der Waals surface area contributed by atoms with Gasteiger partial charge in [0.1, 0.15) is 19.3 Å². The van der Waals surface area contributed by atoms with E-state index in [2.05, 4.69) is 15.9 Å². The van der Waals surface area contributed by atoms with E-state index in [9.17, 15) is 5.11 Å². The molecule has 1 heterocycles. The van der Waals surface area contributed by atoms with Gasteiger partial charge in [-0.25, -0.2) is 0 Å². The Morgan fingerprint density at radius 1 is 1.05 bits per heavy atom. The van der Waals surface area contributed by atoms with Crippen molar-refractivity contribution >= 4 is 39.1 Å². The summed E-state index contributed by atoms with van der Waals surface area (Å²) in [6, 6.07) is 8.72. The summed E-state index contributed by atoms with van der Waals surface area (Å²) in [5.74, 6) is 1.16. The molecule has 0 aromatic heterocycles. The second-order valence-electron chi connectivity index (χ2n) is 4.56. The molecule has 1 atom stereocenters. The number of hydrogen-bond donors (Lipinski definition) is 1. The van der Waals surface area contributed by atoms with Crippen molar-refractivity contribution in [2.45, 2.75) is 6.10 Å². The molecular weight excluding hydrogens is 379 g/mol. The van der Waals surface area contributed by atoms with Crippen molar-refractivity contribution in [1.29, 1.82) is 0 Å². The van der Waals surface area contributed by atoms with Crippen LogP contribution in [0.15, 0.2) is 34.8 Å². The Kier molecular flexibility index (Phi) is 4.31. The summed E-state index contributed by atoms with van der Waals surface area (Å²) in [7, 11) is 0. The number of aliphatic hydroxyl groups is 1. The molecule has 1 N–H and O–H groups in total. The SMILES string of the molecule is OC(c1cc2c(cc1Cl)OCCO2)c1cccc(Br)c1Cl. The van der Waals surface area contributed by atoms with Crippen LogP contribution in [0.5, 0.6) is 11.5 Å². The highest BCUT2D eigenvalue weighted by atomic mass is 79.9. The number of hydrogen-bond acceptors (Lipinski definition) is 3. The zero-order valence-electron chi connectivity index (χ0n) is 10.8. The zero-order valence-corrected chi connectivity index (χ0v) is 13.9. The van der Waals surface area contributed by atoms with Crippen LogP contribution in [0.2, 0.25) is 10.0 Å². The monoisotopic (exact) mass is 388 g/mol. The van der Waals surface area contributed by atoms with Crippen molar-refractivity contribution < 1.29 is 14.6 Å². The zero-order chi connectivity index (χ0) is 15.0. The molecule has 1 aliphatic heterocycles. The molecular formula is C15H11BrCl2O3. The van der Waals surface area contributed by atoms with Crippen molar-refractivity contribution in [3.63, 3.8) is 0 Å². The van der Waals surface area contributed by atoms with E-state index in [1.165, 1.54) is 0 Å². The maximum absolute atomic E-state index is 10.6. The maximum Gasteiger partial charge on any atom is 0.162 e. The van der Waals surface area contributed by atoms with E-state index in [-0.39, 0.29) is 0 Å². The maximum atomic E-state index is 10.6. The summed E-state index contributed by atoms with van der Waals surface area (Å²) >= 11 is 15.8. The Morgan fingerprint density at radius 3 is 2.43 bits per heavy atom. The average molecular weight is 390 g/mol. The number of fused-ring (bicyclic) bond motifs is 1. The Hall–Kier alpha value is -0.940. The quantitative estimate of drug-likeness (QED) is 0.815. The minimum atomic E-state index is -0.946. The molecule has 3 rings (SSSR count). The molecule has 0 aliphatic carbocycles. The molecule has 3 nitrogen and oxygen atoms in total. The van der Waals surface area contributed by atoms with E-state index < -0.39 is 6.10 Å². The molecule has 2 aromatic carbocycles. The smallest absolute Gasteiger partial charge is 0.162 e. The number of halogens is 3. The van der Waals surface area contributed by atoms with Crippen LogP contribution in [0.1, 0.15) is 17.2 Å². The van der Waals surface area contributed by atoms with Crippen LogP contribution in [0.25, 0.3) is 0 Å². The van der Waals surface area contributed by atoms with Crippen LogP contribution < -0.4 is 9.47 Å². The fourth-order valence-electron chi connectivity index (χ4n) is 2.19. The Balaban J connectivity index is 2.05. The van der Waals surface area contributed by atoms with Gasteiger partial charge in [0, 0.05) is 21.7 Å². The van der Waals surface area contributed by atoms with E-state index in [0.29, 0.717) is 45.9 Å². The van der Waals surface area contributed by atoms with Crippen molar-refractivity contribution in [3.8, 4) is 11.5 Å². The fraction of sp³-hybridized carbons (Fsp3) is 0.200. The van der Waals surface area contributed by atoms with Gasteiger partial charge in [0.15, 0.2) is 11.5 Å². The topological polar surface area (TPSA) is 38.7 Å². The number of ether oxygens (including phenoxy) is 2. The van der Waals surface area contributed by atoms with Gasteiger partial charge in [0.2, 0.25) is 0 Å². The second kappa shape index (κ2) is 6.05. The highest BCUT2D eigenvalue weighted by Crippen LogP contribution is 2.41.